The zero-order chi connectivity index (χ0) is 10.6. The van der Waals surface area contributed by atoms with Gasteiger partial charge in [0.25, 0.3) is 0 Å². The molecule has 1 saturated carbocycles. The summed E-state index contributed by atoms with van der Waals surface area (Å²) in [6.07, 6.45) is 6.19. The van der Waals surface area contributed by atoms with E-state index in [-0.39, 0.29) is 5.92 Å². The average molecular weight is 195 g/mol. The lowest BCUT2D eigenvalue weighted by Crippen LogP contribution is -2.35. The second-order valence-electron chi connectivity index (χ2n) is 4.66. The van der Waals surface area contributed by atoms with Gasteiger partial charge < -0.3 is 5.11 Å². The maximum absolute atomic E-state index is 10.3. The van der Waals surface area contributed by atoms with Crippen molar-refractivity contribution in [3.63, 3.8) is 0 Å². The van der Waals surface area contributed by atoms with Crippen molar-refractivity contribution in [3.8, 4) is 6.07 Å². The number of aliphatic hydroxyl groups is 1. The highest BCUT2D eigenvalue weighted by Gasteiger charge is 2.35. The minimum absolute atomic E-state index is 0.224. The van der Waals surface area contributed by atoms with Gasteiger partial charge >= 0.3 is 0 Å². The standard InChI is InChI=1S/C12H21NO/c1-3-11-5-4-7-12(14,8-6-11)10(2)9-13/h10-11,14H,3-8H2,1-2H3. The second kappa shape index (κ2) is 4.79. The quantitative estimate of drug-likeness (QED) is 0.688. The van der Waals surface area contributed by atoms with E-state index in [4.69, 9.17) is 5.26 Å². The van der Waals surface area contributed by atoms with E-state index in [9.17, 15) is 5.11 Å². The Balaban J connectivity index is 2.60. The highest BCUT2D eigenvalue weighted by atomic mass is 16.3. The molecule has 0 heterocycles. The highest BCUT2D eigenvalue weighted by Crippen LogP contribution is 2.36. The van der Waals surface area contributed by atoms with Gasteiger partial charge in [0, 0.05) is 0 Å². The molecule has 3 unspecified atom stereocenters. The Morgan fingerprint density at radius 1 is 1.50 bits per heavy atom. The maximum Gasteiger partial charge on any atom is 0.0802 e. The van der Waals surface area contributed by atoms with E-state index in [0.29, 0.717) is 0 Å². The number of nitriles is 1. The Labute approximate surface area is 86.9 Å². The third kappa shape index (κ3) is 2.48. The molecule has 0 aromatic heterocycles. The van der Waals surface area contributed by atoms with Crippen LogP contribution >= 0.6 is 0 Å². The third-order valence-corrected chi connectivity index (χ3v) is 3.78. The Bertz CT molecular complexity index is 221. The van der Waals surface area contributed by atoms with Crippen LogP contribution in [0.15, 0.2) is 0 Å². The third-order valence-electron chi connectivity index (χ3n) is 3.78. The minimum atomic E-state index is -0.710. The molecule has 0 amide bonds. The number of hydrogen-bond donors (Lipinski definition) is 1. The van der Waals surface area contributed by atoms with E-state index < -0.39 is 5.60 Å². The van der Waals surface area contributed by atoms with Crippen molar-refractivity contribution in [1.82, 2.24) is 0 Å². The van der Waals surface area contributed by atoms with Gasteiger partial charge in [-0.05, 0) is 32.1 Å². The Hall–Kier alpha value is -0.550. The summed E-state index contributed by atoms with van der Waals surface area (Å²) >= 11 is 0. The van der Waals surface area contributed by atoms with E-state index in [1.807, 2.05) is 6.92 Å². The molecule has 80 valence electrons. The highest BCUT2D eigenvalue weighted by molar-refractivity contribution is 4.97. The summed E-state index contributed by atoms with van der Waals surface area (Å²) in [5, 5.41) is 19.2. The molecule has 2 nitrogen and oxygen atoms in total. The fourth-order valence-electron chi connectivity index (χ4n) is 2.38. The van der Waals surface area contributed by atoms with E-state index in [0.717, 1.165) is 31.6 Å². The molecule has 1 aliphatic carbocycles. The molecule has 0 spiro atoms. The van der Waals surface area contributed by atoms with Gasteiger partial charge in [-0.2, -0.15) is 5.26 Å². The monoisotopic (exact) mass is 195 g/mol. The van der Waals surface area contributed by atoms with Crippen molar-refractivity contribution in [2.75, 3.05) is 0 Å². The molecule has 0 aliphatic heterocycles. The van der Waals surface area contributed by atoms with Gasteiger partial charge in [0.2, 0.25) is 0 Å². The summed E-state index contributed by atoms with van der Waals surface area (Å²) in [6, 6.07) is 2.19. The van der Waals surface area contributed by atoms with Gasteiger partial charge in [0.1, 0.15) is 0 Å². The van der Waals surface area contributed by atoms with Crippen LogP contribution in [-0.4, -0.2) is 10.7 Å². The van der Waals surface area contributed by atoms with Crippen LogP contribution in [0, 0.1) is 23.2 Å². The van der Waals surface area contributed by atoms with Gasteiger partial charge in [-0.1, -0.05) is 26.2 Å². The summed E-state index contributed by atoms with van der Waals surface area (Å²) < 4.78 is 0. The van der Waals surface area contributed by atoms with Gasteiger partial charge in [0.05, 0.1) is 17.6 Å². The molecule has 0 bridgehead atoms. The van der Waals surface area contributed by atoms with Crippen LogP contribution in [0.25, 0.3) is 0 Å². The van der Waals surface area contributed by atoms with Crippen LogP contribution in [0.5, 0.6) is 0 Å². The van der Waals surface area contributed by atoms with Crippen LogP contribution in [0.4, 0.5) is 0 Å². The van der Waals surface area contributed by atoms with E-state index in [1.54, 1.807) is 0 Å². The molecular formula is C12H21NO. The fraction of sp³-hybridized carbons (Fsp3) is 0.917. The molecule has 1 aliphatic rings. The molecular weight excluding hydrogens is 174 g/mol. The van der Waals surface area contributed by atoms with Gasteiger partial charge in [0.15, 0.2) is 0 Å². The molecule has 0 saturated heterocycles. The minimum Gasteiger partial charge on any atom is -0.389 e. The van der Waals surface area contributed by atoms with E-state index in [1.165, 1.54) is 12.8 Å². The van der Waals surface area contributed by atoms with Crippen molar-refractivity contribution in [2.24, 2.45) is 11.8 Å². The van der Waals surface area contributed by atoms with Gasteiger partial charge in [-0.15, -0.1) is 0 Å². The Kier molecular flexibility index (Phi) is 3.95. The van der Waals surface area contributed by atoms with Crippen molar-refractivity contribution >= 4 is 0 Å². The first-order chi connectivity index (χ1) is 6.62. The van der Waals surface area contributed by atoms with Crippen molar-refractivity contribution in [3.05, 3.63) is 0 Å². The smallest absolute Gasteiger partial charge is 0.0802 e. The first kappa shape index (κ1) is 11.5. The summed E-state index contributed by atoms with van der Waals surface area (Å²) in [4.78, 5) is 0. The predicted molar refractivity (Wildman–Crippen MR) is 56.6 cm³/mol. The summed E-state index contributed by atoms with van der Waals surface area (Å²) in [5.41, 5.74) is -0.710. The Morgan fingerprint density at radius 2 is 2.21 bits per heavy atom. The normalized spacial score (nSPS) is 35.7. The van der Waals surface area contributed by atoms with Crippen molar-refractivity contribution in [2.45, 2.75) is 58.0 Å². The molecule has 1 N–H and O–H groups in total. The van der Waals surface area contributed by atoms with Gasteiger partial charge in [-0.25, -0.2) is 0 Å². The van der Waals surface area contributed by atoms with Crippen molar-refractivity contribution in [1.29, 1.82) is 5.26 Å². The summed E-state index contributed by atoms with van der Waals surface area (Å²) in [7, 11) is 0. The molecule has 0 aromatic rings. The topological polar surface area (TPSA) is 44.0 Å². The average Bonchev–Trinajstić information content (AvgIpc) is 2.40. The van der Waals surface area contributed by atoms with E-state index in [2.05, 4.69) is 13.0 Å². The molecule has 1 rings (SSSR count). The molecule has 14 heavy (non-hydrogen) atoms. The van der Waals surface area contributed by atoms with Crippen LogP contribution in [0.1, 0.15) is 52.4 Å². The van der Waals surface area contributed by atoms with Crippen LogP contribution in [0.3, 0.4) is 0 Å². The zero-order valence-electron chi connectivity index (χ0n) is 9.29. The molecule has 0 aromatic carbocycles. The zero-order valence-corrected chi connectivity index (χ0v) is 9.29. The number of nitrogens with zero attached hydrogens (tertiary/aromatic N) is 1. The first-order valence-electron chi connectivity index (χ1n) is 5.74. The predicted octanol–water partition coefficient (Wildman–Crippen LogP) is 2.87. The first-order valence-corrected chi connectivity index (χ1v) is 5.74. The lowest BCUT2D eigenvalue weighted by atomic mass is 9.83. The van der Waals surface area contributed by atoms with Crippen LogP contribution < -0.4 is 0 Å². The SMILES string of the molecule is CCC1CCCC(O)(C(C)C#N)CC1. The second-order valence-corrected chi connectivity index (χ2v) is 4.66. The largest absolute Gasteiger partial charge is 0.389 e. The molecule has 2 heteroatoms. The van der Waals surface area contributed by atoms with Crippen LogP contribution in [0.2, 0.25) is 0 Å². The van der Waals surface area contributed by atoms with Crippen molar-refractivity contribution < 1.29 is 5.11 Å². The molecule has 1 fully saturated rings. The Morgan fingerprint density at radius 3 is 2.79 bits per heavy atom. The fourth-order valence-corrected chi connectivity index (χ4v) is 2.38. The maximum atomic E-state index is 10.3. The molecule has 0 radical (unpaired) electrons. The van der Waals surface area contributed by atoms with E-state index >= 15 is 0 Å². The summed E-state index contributed by atoms with van der Waals surface area (Å²) in [6.45, 7) is 4.05. The van der Waals surface area contributed by atoms with Gasteiger partial charge in [-0.3, -0.25) is 0 Å². The number of hydrogen-bond acceptors (Lipinski definition) is 2. The lowest BCUT2D eigenvalue weighted by Gasteiger charge is -2.29. The van der Waals surface area contributed by atoms with Crippen LogP contribution in [-0.2, 0) is 0 Å². The molecule has 3 atom stereocenters. The lowest BCUT2D eigenvalue weighted by molar-refractivity contribution is -0.00695. The summed E-state index contributed by atoms with van der Waals surface area (Å²) in [5.74, 6) is 0.535. The number of rotatable bonds is 2.